The molecule has 0 aliphatic carbocycles. The van der Waals surface area contributed by atoms with E-state index in [9.17, 15) is 4.79 Å². The minimum Gasteiger partial charge on any atom is -0.354 e. The number of rotatable bonds is 3. The van der Waals surface area contributed by atoms with Gasteiger partial charge in [0.2, 0.25) is 0 Å². The average Bonchev–Trinajstić information content (AvgIpc) is 3.14. The molecular formula is C14H11NOS3. The van der Waals surface area contributed by atoms with E-state index < -0.39 is 0 Å². The summed E-state index contributed by atoms with van der Waals surface area (Å²) in [6.45, 7) is 0. The van der Waals surface area contributed by atoms with E-state index >= 15 is 0 Å². The predicted molar refractivity (Wildman–Crippen MR) is 84.3 cm³/mol. The summed E-state index contributed by atoms with van der Waals surface area (Å²) < 4.78 is 0. The van der Waals surface area contributed by atoms with Crippen molar-refractivity contribution < 1.29 is 4.79 Å². The Hall–Kier alpha value is -1.43. The third-order valence-electron chi connectivity index (χ3n) is 2.67. The molecule has 0 aromatic carbocycles. The van der Waals surface area contributed by atoms with Gasteiger partial charge in [-0.15, -0.1) is 34.0 Å². The topological polar surface area (TPSA) is 29.1 Å². The van der Waals surface area contributed by atoms with Gasteiger partial charge < -0.3 is 5.32 Å². The van der Waals surface area contributed by atoms with Crippen molar-refractivity contribution in [2.24, 2.45) is 0 Å². The van der Waals surface area contributed by atoms with Crippen LogP contribution >= 0.6 is 34.0 Å². The molecule has 0 aliphatic rings. The Morgan fingerprint density at radius 1 is 0.947 bits per heavy atom. The van der Waals surface area contributed by atoms with Gasteiger partial charge >= 0.3 is 0 Å². The van der Waals surface area contributed by atoms with Gasteiger partial charge in [0.05, 0.1) is 4.88 Å². The first kappa shape index (κ1) is 12.6. The number of amides is 1. The molecule has 0 fully saturated rings. The molecule has 3 aromatic rings. The third-order valence-corrected chi connectivity index (χ3v) is 6.10. The van der Waals surface area contributed by atoms with Crippen molar-refractivity contribution in [1.82, 2.24) is 5.32 Å². The fourth-order valence-electron chi connectivity index (χ4n) is 1.74. The summed E-state index contributed by atoms with van der Waals surface area (Å²) in [5.74, 6) is -0.0220. The van der Waals surface area contributed by atoms with Crippen LogP contribution in [0.2, 0.25) is 0 Å². The van der Waals surface area contributed by atoms with E-state index in [0.29, 0.717) is 0 Å². The maximum atomic E-state index is 11.6. The van der Waals surface area contributed by atoms with E-state index in [1.165, 1.54) is 26.0 Å². The van der Waals surface area contributed by atoms with Gasteiger partial charge in [-0.2, -0.15) is 0 Å². The average molecular weight is 305 g/mol. The quantitative estimate of drug-likeness (QED) is 0.755. The Morgan fingerprint density at radius 3 is 2.32 bits per heavy atom. The zero-order chi connectivity index (χ0) is 13.2. The van der Waals surface area contributed by atoms with E-state index in [0.717, 1.165) is 9.75 Å². The number of carbonyl (C=O) groups excluding carboxylic acids is 1. The summed E-state index contributed by atoms with van der Waals surface area (Å²) in [7, 11) is 1.65. The molecule has 0 unspecified atom stereocenters. The van der Waals surface area contributed by atoms with E-state index in [4.69, 9.17) is 0 Å². The Balaban J connectivity index is 1.91. The van der Waals surface area contributed by atoms with Gasteiger partial charge in [-0.05, 0) is 35.7 Å². The Morgan fingerprint density at radius 2 is 1.63 bits per heavy atom. The van der Waals surface area contributed by atoms with E-state index in [1.54, 1.807) is 29.7 Å². The molecule has 5 heteroatoms. The van der Waals surface area contributed by atoms with Gasteiger partial charge in [0.1, 0.15) is 0 Å². The van der Waals surface area contributed by atoms with Gasteiger partial charge in [0, 0.05) is 26.6 Å². The smallest absolute Gasteiger partial charge is 0.261 e. The molecule has 0 atom stereocenters. The van der Waals surface area contributed by atoms with Crippen molar-refractivity contribution in [1.29, 1.82) is 0 Å². The second-order valence-electron chi connectivity index (χ2n) is 3.88. The number of hydrogen-bond donors (Lipinski definition) is 1. The molecule has 1 amide bonds. The highest BCUT2D eigenvalue weighted by Crippen LogP contribution is 2.38. The van der Waals surface area contributed by atoms with Crippen molar-refractivity contribution in [2.75, 3.05) is 7.05 Å². The molecule has 0 saturated heterocycles. The first-order chi connectivity index (χ1) is 9.28. The Bertz CT molecular complexity index is 694. The van der Waals surface area contributed by atoms with Crippen molar-refractivity contribution in [2.45, 2.75) is 0 Å². The van der Waals surface area contributed by atoms with Crippen molar-refractivity contribution in [3.05, 3.63) is 46.7 Å². The van der Waals surface area contributed by atoms with Gasteiger partial charge in [-0.3, -0.25) is 4.79 Å². The first-order valence-corrected chi connectivity index (χ1v) is 8.25. The molecule has 3 rings (SSSR count). The number of thiophene rings is 3. The highest BCUT2D eigenvalue weighted by atomic mass is 32.1. The zero-order valence-electron chi connectivity index (χ0n) is 10.2. The molecule has 0 bridgehead atoms. The monoisotopic (exact) mass is 305 g/mol. The third kappa shape index (κ3) is 2.49. The lowest BCUT2D eigenvalue weighted by molar-refractivity contribution is 0.0967. The summed E-state index contributed by atoms with van der Waals surface area (Å²) in [6.07, 6.45) is 0. The molecule has 0 aliphatic heterocycles. The van der Waals surface area contributed by atoms with Crippen molar-refractivity contribution in [3.8, 4) is 19.5 Å². The largest absolute Gasteiger partial charge is 0.354 e. The highest BCUT2D eigenvalue weighted by molar-refractivity contribution is 7.26. The van der Waals surface area contributed by atoms with E-state index in [2.05, 4.69) is 35.0 Å². The molecule has 3 aromatic heterocycles. The van der Waals surface area contributed by atoms with Crippen LogP contribution in [0.15, 0.2) is 41.8 Å². The number of nitrogens with one attached hydrogen (secondary N) is 1. The molecule has 3 heterocycles. The standard InChI is InChI=1S/C14H11NOS3/c1-15-14(16)13-7-6-12(19-13)11-5-4-10(18-11)9-3-2-8-17-9/h2-8H,1H3,(H,15,16). The fraction of sp³-hybridized carbons (Fsp3) is 0.0714. The lowest BCUT2D eigenvalue weighted by Gasteiger charge is -1.93. The SMILES string of the molecule is CNC(=O)c1ccc(-c2ccc(-c3cccs3)s2)s1. The van der Waals surface area contributed by atoms with Gasteiger partial charge in [0.15, 0.2) is 0 Å². The van der Waals surface area contributed by atoms with Gasteiger partial charge in [-0.1, -0.05) is 6.07 Å². The molecule has 19 heavy (non-hydrogen) atoms. The summed E-state index contributed by atoms with van der Waals surface area (Å²) >= 11 is 5.04. The lowest BCUT2D eigenvalue weighted by atomic mass is 10.3. The summed E-state index contributed by atoms with van der Waals surface area (Å²) in [6, 6.07) is 12.4. The zero-order valence-corrected chi connectivity index (χ0v) is 12.6. The van der Waals surface area contributed by atoms with Gasteiger partial charge in [0.25, 0.3) is 5.91 Å². The van der Waals surface area contributed by atoms with Crippen LogP contribution in [-0.2, 0) is 0 Å². The van der Waals surface area contributed by atoms with Crippen LogP contribution in [0.25, 0.3) is 19.5 Å². The van der Waals surface area contributed by atoms with Crippen LogP contribution in [0.1, 0.15) is 9.67 Å². The number of hydrogen-bond acceptors (Lipinski definition) is 4. The summed E-state index contributed by atoms with van der Waals surface area (Å²) in [4.78, 5) is 17.2. The minimum atomic E-state index is -0.0220. The minimum absolute atomic E-state index is 0.0220. The molecule has 96 valence electrons. The fourth-order valence-corrected chi connectivity index (χ4v) is 4.62. The van der Waals surface area contributed by atoms with Gasteiger partial charge in [-0.25, -0.2) is 0 Å². The number of carbonyl (C=O) groups is 1. The van der Waals surface area contributed by atoms with Crippen molar-refractivity contribution in [3.63, 3.8) is 0 Å². The maximum absolute atomic E-state index is 11.6. The summed E-state index contributed by atoms with van der Waals surface area (Å²) in [5, 5.41) is 4.74. The van der Waals surface area contributed by atoms with Crippen LogP contribution in [-0.4, -0.2) is 13.0 Å². The Labute approximate surface area is 123 Å². The molecule has 0 radical (unpaired) electrons. The summed E-state index contributed by atoms with van der Waals surface area (Å²) in [5.41, 5.74) is 0. The van der Waals surface area contributed by atoms with E-state index in [-0.39, 0.29) is 5.91 Å². The normalized spacial score (nSPS) is 10.6. The molecule has 0 saturated carbocycles. The lowest BCUT2D eigenvalue weighted by Crippen LogP contribution is -2.15. The van der Waals surface area contributed by atoms with Crippen LogP contribution in [0.5, 0.6) is 0 Å². The molecular weight excluding hydrogens is 294 g/mol. The van der Waals surface area contributed by atoms with Crippen LogP contribution in [0.4, 0.5) is 0 Å². The molecule has 1 N–H and O–H groups in total. The molecule has 0 spiro atoms. The Kier molecular flexibility index (Phi) is 3.50. The first-order valence-electron chi connectivity index (χ1n) is 5.74. The van der Waals surface area contributed by atoms with Crippen molar-refractivity contribution >= 4 is 39.9 Å². The van der Waals surface area contributed by atoms with E-state index in [1.807, 2.05) is 12.1 Å². The van der Waals surface area contributed by atoms with Crippen LogP contribution in [0, 0.1) is 0 Å². The highest BCUT2D eigenvalue weighted by Gasteiger charge is 2.11. The molecule has 2 nitrogen and oxygen atoms in total. The maximum Gasteiger partial charge on any atom is 0.261 e. The second-order valence-corrected chi connectivity index (χ2v) is 7.00. The second kappa shape index (κ2) is 5.28. The van der Waals surface area contributed by atoms with Crippen LogP contribution < -0.4 is 5.32 Å². The predicted octanol–water partition coefficient (Wildman–Crippen LogP) is 4.56. The van der Waals surface area contributed by atoms with Crippen LogP contribution in [0.3, 0.4) is 0 Å².